The van der Waals surface area contributed by atoms with Crippen LogP contribution in [0.1, 0.15) is 16.2 Å². The minimum atomic E-state index is -1.33. The van der Waals surface area contributed by atoms with Crippen LogP contribution in [0.2, 0.25) is 0 Å². The zero-order valence-corrected chi connectivity index (χ0v) is 13.5. The molecule has 19 heavy (non-hydrogen) atoms. The first-order chi connectivity index (χ1) is 8.90. The number of carbonyl (C=O) groups is 1. The molecule has 0 aliphatic heterocycles. The Balaban J connectivity index is 2.68. The average molecular weight is 435 g/mol. The second-order valence-electron chi connectivity index (χ2n) is 3.81. The van der Waals surface area contributed by atoms with E-state index in [1.807, 2.05) is 18.2 Å². The van der Waals surface area contributed by atoms with Gasteiger partial charge in [-0.25, -0.2) is 9.48 Å². The summed E-state index contributed by atoms with van der Waals surface area (Å²) in [5.74, 6) is -1.33. The highest BCUT2D eigenvalue weighted by molar-refractivity contribution is 14.1. The van der Waals surface area contributed by atoms with Crippen LogP contribution in [0.3, 0.4) is 0 Å². The number of carboxylic acids is 1. The molecule has 0 radical (unpaired) electrons. The molecule has 0 aliphatic carbocycles. The smallest absolute Gasteiger partial charge is 0.360 e. The summed E-state index contributed by atoms with van der Waals surface area (Å²) >= 11 is 5.57. The lowest BCUT2D eigenvalue weighted by Gasteiger charge is -2.10. The summed E-state index contributed by atoms with van der Waals surface area (Å²) in [6.45, 7) is 1.70. The molecule has 0 bridgehead atoms. The van der Waals surface area contributed by atoms with Gasteiger partial charge in [0.1, 0.15) is 0 Å². The van der Waals surface area contributed by atoms with Crippen LogP contribution in [0.25, 0.3) is 5.69 Å². The first-order valence-corrected chi connectivity index (χ1v) is 7.07. The van der Waals surface area contributed by atoms with Crippen molar-refractivity contribution in [2.75, 3.05) is 0 Å². The summed E-state index contributed by atoms with van der Waals surface area (Å²) in [5.41, 5.74) is 0.182. The monoisotopic (exact) mass is 434 g/mol. The van der Waals surface area contributed by atoms with Crippen LogP contribution in [-0.2, 0) is 0 Å². The van der Waals surface area contributed by atoms with E-state index in [0.717, 1.165) is 8.04 Å². The Kier molecular flexibility index (Phi) is 4.04. The van der Waals surface area contributed by atoms with Crippen molar-refractivity contribution in [3.8, 4) is 5.69 Å². The highest BCUT2D eigenvalue weighted by Gasteiger charge is 2.14. The number of hydrogen-bond acceptors (Lipinski definition) is 3. The molecule has 0 atom stereocenters. The van der Waals surface area contributed by atoms with Crippen molar-refractivity contribution in [3.05, 3.63) is 53.9 Å². The van der Waals surface area contributed by atoms with E-state index >= 15 is 0 Å². The lowest BCUT2D eigenvalue weighted by atomic mass is 10.3. The number of benzene rings is 1. The number of nitrogens with zero attached hydrogens (tertiary/aromatic N) is 2. The predicted molar refractivity (Wildman–Crippen MR) is 81.9 cm³/mol. The molecule has 1 heterocycles. The number of halogens is 2. The minimum absolute atomic E-state index is 0.486. The van der Waals surface area contributed by atoms with Gasteiger partial charge < -0.3 is 5.11 Å². The molecule has 1 N–H and O–H groups in total. The van der Waals surface area contributed by atoms with E-state index in [0.29, 0.717) is 11.4 Å². The molecule has 1 aromatic heterocycles. The van der Waals surface area contributed by atoms with Gasteiger partial charge in [0, 0.05) is 19.8 Å². The van der Waals surface area contributed by atoms with Gasteiger partial charge in [-0.05, 0) is 63.6 Å². The molecule has 2 aromatic rings. The zero-order chi connectivity index (χ0) is 14.2. The lowest BCUT2D eigenvalue weighted by Crippen LogP contribution is -2.22. The zero-order valence-electron chi connectivity index (χ0n) is 9.72. The normalized spacial score (nSPS) is 10.5. The van der Waals surface area contributed by atoms with Crippen LogP contribution in [0.4, 0.5) is 0 Å². The average Bonchev–Trinajstić information content (AvgIpc) is 2.32. The van der Waals surface area contributed by atoms with E-state index in [4.69, 9.17) is 5.11 Å². The third-order valence-electron chi connectivity index (χ3n) is 2.46. The number of rotatable bonds is 2. The van der Waals surface area contributed by atoms with Gasteiger partial charge in [-0.15, -0.1) is 0 Å². The fourth-order valence-corrected chi connectivity index (χ4v) is 2.28. The number of aromatic nitrogens is 2. The maximum absolute atomic E-state index is 11.5. The van der Waals surface area contributed by atoms with Gasteiger partial charge in [0.25, 0.3) is 0 Å². The van der Waals surface area contributed by atoms with Gasteiger partial charge in [0.05, 0.1) is 5.69 Å². The van der Waals surface area contributed by atoms with Gasteiger partial charge in [0.15, 0.2) is 0 Å². The van der Waals surface area contributed by atoms with Gasteiger partial charge >= 0.3 is 5.97 Å². The van der Waals surface area contributed by atoms with E-state index < -0.39 is 17.1 Å². The molecule has 98 valence electrons. The summed E-state index contributed by atoms with van der Waals surface area (Å²) < 4.78 is 3.34. The van der Waals surface area contributed by atoms with Crippen molar-refractivity contribution in [2.45, 2.75) is 6.92 Å². The number of carboxylic acid groups (broad SMARTS) is 1. The van der Waals surface area contributed by atoms with Crippen molar-refractivity contribution in [1.82, 2.24) is 9.78 Å². The maximum atomic E-state index is 11.5. The second-order valence-corrected chi connectivity index (χ2v) is 5.83. The molecule has 0 spiro atoms. The topological polar surface area (TPSA) is 72.2 Å². The maximum Gasteiger partial charge on any atom is 0.360 e. The molecule has 0 amide bonds. The molecule has 0 saturated carbocycles. The fourth-order valence-electron chi connectivity index (χ4n) is 1.57. The Morgan fingerprint density at radius 3 is 2.68 bits per heavy atom. The summed E-state index contributed by atoms with van der Waals surface area (Å²) in [7, 11) is 0. The molecule has 2 rings (SSSR count). The summed E-state index contributed by atoms with van der Waals surface area (Å²) in [6, 6.07) is 6.77. The van der Waals surface area contributed by atoms with Crippen LogP contribution >= 0.6 is 38.5 Å². The van der Waals surface area contributed by atoms with Crippen LogP contribution < -0.4 is 5.43 Å². The van der Waals surface area contributed by atoms with Crippen LogP contribution in [0.15, 0.2) is 33.5 Å². The van der Waals surface area contributed by atoms with E-state index in [-0.39, 0.29) is 0 Å². The summed E-state index contributed by atoms with van der Waals surface area (Å²) in [6.07, 6.45) is 0. The van der Waals surface area contributed by atoms with Gasteiger partial charge in [-0.2, -0.15) is 5.10 Å². The van der Waals surface area contributed by atoms with Gasteiger partial charge in [-0.3, -0.25) is 4.79 Å². The Labute approximate surface area is 130 Å². The third kappa shape index (κ3) is 2.86. The van der Waals surface area contributed by atoms with Gasteiger partial charge in [-0.1, -0.05) is 0 Å². The molecule has 5 nitrogen and oxygen atoms in total. The first kappa shape index (κ1) is 14.2. The van der Waals surface area contributed by atoms with Crippen LogP contribution in [-0.4, -0.2) is 20.9 Å². The Bertz CT molecular complexity index is 727. The Morgan fingerprint density at radius 2 is 2.11 bits per heavy atom. The minimum Gasteiger partial charge on any atom is -0.476 e. The van der Waals surface area contributed by atoms with Crippen molar-refractivity contribution < 1.29 is 9.90 Å². The highest BCUT2D eigenvalue weighted by Crippen LogP contribution is 2.22. The van der Waals surface area contributed by atoms with Crippen LogP contribution in [0.5, 0.6) is 0 Å². The van der Waals surface area contributed by atoms with Crippen molar-refractivity contribution in [1.29, 1.82) is 0 Å². The van der Waals surface area contributed by atoms with Gasteiger partial charge in [0.2, 0.25) is 11.1 Å². The predicted octanol–water partition coefficient (Wildman–Crippen LogP) is 2.61. The van der Waals surface area contributed by atoms with E-state index in [2.05, 4.69) is 43.6 Å². The van der Waals surface area contributed by atoms with E-state index in [9.17, 15) is 9.59 Å². The number of hydrogen-bond donors (Lipinski definition) is 1. The molecule has 0 unspecified atom stereocenters. The SMILES string of the molecule is Cc1cc(=O)c(C(=O)O)nn1-c1ccc(I)c(Br)c1. The largest absolute Gasteiger partial charge is 0.476 e. The second kappa shape index (κ2) is 5.41. The number of aromatic carboxylic acids is 1. The summed E-state index contributed by atoms with van der Waals surface area (Å²) in [4.78, 5) is 22.5. The molecule has 0 aliphatic rings. The molecule has 1 aromatic carbocycles. The van der Waals surface area contributed by atoms with Crippen LogP contribution in [0, 0.1) is 10.5 Å². The standard InChI is InChI=1S/C12H8BrIN2O3/c1-6-4-10(17)11(12(18)19)15-16(6)7-2-3-9(14)8(13)5-7/h2-5H,1H3,(H,18,19). The molecule has 0 saturated heterocycles. The van der Waals surface area contributed by atoms with E-state index in [1.165, 1.54) is 10.7 Å². The lowest BCUT2D eigenvalue weighted by molar-refractivity contribution is 0.0686. The Morgan fingerprint density at radius 1 is 1.42 bits per heavy atom. The van der Waals surface area contributed by atoms with Crippen molar-refractivity contribution >= 4 is 44.5 Å². The van der Waals surface area contributed by atoms with Crippen molar-refractivity contribution in [2.24, 2.45) is 0 Å². The molecular formula is C12H8BrIN2O3. The Hall–Kier alpha value is -1.22. The van der Waals surface area contributed by atoms with E-state index in [1.54, 1.807) is 6.92 Å². The third-order valence-corrected chi connectivity index (χ3v) is 4.80. The highest BCUT2D eigenvalue weighted by atomic mass is 127. The molecule has 7 heteroatoms. The fraction of sp³-hybridized carbons (Fsp3) is 0.0833. The quantitative estimate of drug-likeness (QED) is 0.737. The number of aryl methyl sites for hydroxylation is 1. The summed E-state index contributed by atoms with van der Waals surface area (Å²) in [5, 5.41) is 12.8. The van der Waals surface area contributed by atoms with Crippen molar-refractivity contribution in [3.63, 3.8) is 0 Å². The molecule has 0 fully saturated rings. The molecular weight excluding hydrogens is 427 g/mol. The first-order valence-electron chi connectivity index (χ1n) is 5.20.